The Bertz CT molecular complexity index is 1000. The topological polar surface area (TPSA) is 143 Å². The molecule has 4 N–H and O–H groups in total. The third-order valence-corrected chi connectivity index (χ3v) is 12.0. The number of Topliss-reactive ketones (excluding diaryl/α,β-unsaturated/α-hetero) is 1. The molecule has 256 valence electrons. The van der Waals surface area contributed by atoms with Crippen LogP contribution in [0.25, 0.3) is 0 Å². The normalized spacial score (nSPS) is 43.6. The second-order valence-electron chi connectivity index (χ2n) is 15.2. The molecule has 0 bridgehead atoms. The van der Waals surface area contributed by atoms with Crippen LogP contribution in [0.4, 0.5) is 0 Å². The molecule has 16 atom stereocenters. The molecule has 3 rings (SSSR count). The van der Waals surface area contributed by atoms with E-state index in [4.69, 9.17) is 14.2 Å². The number of ether oxygens (including phenoxy) is 3. The van der Waals surface area contributed by atoms with Gasteiger partial charge in [0, 0.05) is 23.7 Å². The van der Waals surface area contributed by atoms with Gasteiger partial charge in [-0.15, -0.1) is 0 Å². The number of carbonyl (C=O) groups excluding carboxylic acids is 1. The van der Waals surface area contributed by atoms with Gasteiger partial charge in [0.15, 0.2) is 5.79 Å². The molecular formula is C35H62O9. The Balaban J connectivity index is 1.78. The fraction of sp³-hybridized carbons (Fsp3) is 0.943. The summed E-state index contributed by atoms with van der Waals surface area (Å²) in [5.41, 5.74) is -1.94. The number of rotatable bonds is 13. The van der Waals surface area contributed by atoms with Gasteiger partial charge in [0.1, 0.15) is 11.4 Å². The summed E-state index contributed by atoms with van der Waals surface area (Å²) < 4.78 is 19.5. The molecule has 0 aromatic rings. The lowest BCUT2D eigenvalue weighted by Crippen LogP contribution is -2.57. The van der Waals surface area contributed by atoms with Gasteiger partial charge in [0.05, 0.1) is 42.0 Å². The summed E-state index contributed by atoms with van der Waals surface area (Å²) in [4.78, 5) is 25.8. The van der Waals surface area contributed by atoms with Crippen molar-refractivity contribution in [2.45, 2.75) is 162 Å². The predicted octanol–water partition coefficient (Wildman–Crippen LogP) is 5.21. The van der Waals surface area contributed by atoms with E-state index in [-0.39, 0.29) is 41.5 Å². The van der Waals surface area contributed by atoms with Crippen LogP contribution in [0.1, 0.15) is 115 Å². The van der Waals surface area contributed by atoms with Crippen LogP contribution in [0.5, 0.6) is 0 Å². The summed E-state index contributed by atoms with van der Waals surface area (Å²) in [6.45, 7) is 21.0. The van der Waals surface area contributed by atoms with Crippen molar-refractivity contribution < 1.29 is 44.2 Å². The lowest BCUT2D eigenvalue weighted by molar-refractivity contribution is -0.332. The first-order valence-corrected chi connectivity index (χ1v) is 17.2. The zero-order valence-corrected chi connectivity index (χ0v) is 29.1. The highest BCUT2D eigenvalue weighted by Crippen LogP contribution is 2.56. The Kier molecular flexibility index (Phi) is 11.8. The van der Waals surface area contributed by atoms with Gasteiger partial charge in [-0.3, -0.25) is 9.59 Å². The van der Waals surface area contributed by atoms with Crippen molar-refractivity contribution in [3.05, 3.63) is 0 Å². The average Bonchev–Trinajstić information content (AvgIpc) is 3.44. The maximum atomic E-state index is 14.1. The quantitative estimate of drug-likeness (QED) is 0.217. The van der Waals surface area contributed by atoms with E-state index in [0.29, 0.717) is 32.1 Å². The molecule has 16 unspecified atom stereocenters. The third-order valence-electron chi connectivity index (χ3n) is 12.0. The standard InChI is InChI=1S/C35H62O9/c1-12-25(28(38)22(8)27(37)23(9)29-18(4)15-19(5)30(42-29)24(10)32(39)40)31-20(6)16-33(11,43-31)35(41)21(7)17-34(14-3,44-35)26(36)13-2/h18-27,29-31,36-37,41H,12-17H2,1-11H3,(H,39,40). The van der Waals surface area contributed by atoms with Crippen molar-refractivity contribution in [1.82, 2.24) is 0 Å². The Morgan fingerprint density at radius 1 is 0.886 bits per heavy atom. The average molecular weight is 627 g/mol. The highest BCUT2D eigenvalue weighted by molar-refractivity contribution is 5.84. The Morgan fingerprint density at radius 3 is 2.00 bits per heavy atom. The van der Waals surface area contributed by atoms with E-state index in [9.17, 15) is 30.0 Å². The van der Waals surface area contributed by atoms with Crippen molar-refractivity contribution >= 4 is 11.8 Å². The Hall–Kier alpha value is -1.10. The SMILES string of the molecule is CCC(C(=O)C(C)C(O)C(C)C1OC(C(C)C(=O)O)C(C)CC1C)C1OC(C)(C2(O)OC(CC)(C(O)CC)CC2C)CC1C. The number of ketones is 1. The summed E-state index contributed by atoms with van der Waals surface area (Å²) in [5.74, 6) is -5.02. The summed E-state index contributed by atoms with van der Waals surface area (Å²) in [6.07, 6.45) is 0.386. The Morgan fingerprint density at radius 2 is 1.48 bits per heavy atom. The molecule has 9 heteroatoms. The first-order chi connectivity index (χ1) is 20.3. The van der Waals surface area contributed by atoms with Crippen LogP contribution < -0.4 is 0 Å². The third kappa shape index (κ3) is 6.52. The first kappa shape index (κ1) is 37.4. The molecule has 44 heavy (non-hydrogen) atoms. The van der Waals surface area contributed by atoms with Gasteiger partial charge < -0.3 is 34.6 Å². The van der Waals surface area contributed by atoms with Crippen LogP contribution in [0.2, 0.25) is 0 Å². The van der Waals surface area contributed by atoms with Gasteiger partial charge >= 0.3 is 5.97 Å². The van der Waals surface area contributed by atoms with Gasteiger partial charge in [0.2, 0.25) is 0 Å². The molecule has 0 aromatic heterocycles. The van der Waals surface area contributed by atoms with Crippen molar-refractivity contribution in [1.29, 1.82) is 0 Å². The van der Waals surface area contributed by atoms with E-state index in [2.05, 4.69) is 6.92 Å². The van der Waals surface area contributed by atoms with Crippen molar-refractivity contribution in [2.75, 3.05) is 0 Å². The molecule has 3 fully saturated rings. The minimum Gasteiger partial charge on any atom is -0.481 e. The van der Waals surface area contributed by atoms with Crippen molar-refractivity contribution in [2.24, 2.45) is 47.3 Å². The second-order valence-corrected chi connectivity index (χ2v) is 15.2. The molecule has 0 saturated carbocycles. The Labute approximate surface area is 265 Å². The minimum atomic E-state index is -1.63. The zero-order chi connectivity index (χ0) is 33.5. The van der Waals surface area contributed by atoms with Crippen LogP contribution >= 0.6 is 0 Å². The summed E-state index contributed by atoms with van der Waals surface area (Å²) in [6, 6.07) is 0. The molecule has 3 saturated heterocycles. The van der Waals surface area contributed by atoms with E-state index in [1.165, 1.54) is 0 Å². The smallest absolute Gasteiger partial charge is 0.308 e. The van der Waals surface area contributed by atoms with E-state index in [1.807, 2.05) is 55.4 Å². The highest BCUT2D eigenvalue weighted by Gasteiger charge is 2.67. The molecule has 3 aliphatic rings. The van der Waals surface area contributed by atoms with Crippen LogP contribution in [-0.2, 0) is 23.8 Å². The number of aliphatic hydroxyl groups is 3. The van der Waals surface area contributed by atoms with E-state index < -0.39 is 65.1 Å². The van der Waals surface area contributed by atoms with E-state index in [0.717, 1.165) is 6.42 Å². The van der Waals surface area contributed by atoms with Gasteiger partial charge in [-0.25, -0.2) is 0 Å². The number of hydrogen-bond acceptors (Lipinski definition) is 8. The number of hydrogen-bond donors (Lipinski definition) is 4. The maximum Gasteiger partial charge on any atom is 0.308 e. The van der Waals surface area contributed by atoms with E-state index >= 15 is 0 Å². The number of aliphatic carboxylic acids is 1. The fourth-order valence-corrected chi connectivity index (χ4v) is 9.12. The van der Waals surface area contributed by atoms with Crippen molar-refractivity contribution in [3.63, 3.8) is 0 Å². The largest absolute Gasteiger partial charge is 0.481 e. The number of aliphatic hydroxyl groups excluding tert-OH is 2. The number of carboxylic acid groups (broad SMARTS) is 1. The summed E-state index contributed by atoms with van der Waals surface area (Å²) in [7, 11) is 0. The molecule has 0 radical (unpaired) electrons. The number of carboxylic acids is 1. The summed E-state index contributed by atoms with van der Waals surface area (Å²) >= 11 is 0. The summed E-state index contributed by atoms with van der Waals surface area (Å²) in [5, 5.41) is 44.1. The lowest BCUT2D eigenvalue weighted by Gasteiger charge is -2.45. The van der Waals surface area contributed by atoms with Crippen LogP contribution in [0, 0.1) is 47.3 Å². The van der Waals surface area contributed by atoms with Crippen LogP contribution in [-0.4, -0.2) is 79.7 Å². The van der Waals surface area contributed by atoms with Gasteiger partial charge in [-0.1, -0.05) is 62.3 Å². The number of carbonyl (C=O) groups is 2. The molecule has 3 aliphatic heterocycles. The molecule has 0 aliphatic carbocycles. The minimum absolute atomic E-state index is 0.0512. The second kappa shape index (κ2) is 13.9. The fourth-order valence-electron chi connectivity index (χ4n) is 9.12. The van der Waals surface area contributed by atoms with Gasteiger partial charge in [-0.2, -0.15) is 0 Å². The molecule has 3 heterocycles. The maximum absolute atomic E-state index is 14.1. The molecule has 0 spiro atoms. The van der Waals surface area contributed by atoms with Gasteiger partial charge in [0.25, 0.3) is 0 Å². The molecule has 0 aromatic carbocycles. The molecular weight excluding hydrogens is 564 g/mol. The van der Waals surface area contributed by atoms with Crippen LogP contribution in [0.15, 0.2) is 0 Å². The van der Waals surface area contributed by atoms with Crippen LogP contribution in [0.3, 0.4) is 0 Å². The highest BCUT2D eigenvalue weighted by atomic mass is 16.7. The lowest BCUT2D eigenvalue weighted by atomic mass is 9.73. The van der Waals surface area contributed by atoms with Gasteiger partial charge in [-0.05, 0) is 70.1 Å². The molecule has 9 nitrogen and oxygen atoms in total. The zero-order valence-electron chi connectivity index (χ0n) is 29.1. The first-order valence-electron chi connectivity index (χ1n) is 17.2. The van der Waals surface area contributed by atoms with Crippen molar-refractivity contribution in [3.8, 4) is 0 Å². The van der Waals surface area contributed by atoms with E-state index in [1.54, 1.807) is 13.8 Å². The molecule has 0 amide bonds. The predicted molar refractivity (Wildman–Crippen MR) is 168 cm³/mol. The monoisotopic (exact) mass is 626 g/mol.